The average Bonchev–Trinajstić information content (AvgIpc) is 2.63. The maximum Gasteiger partial charge on any atom is 0.117 e. The van der Waals surface area contributed by atoms with E-state index in [-0.39, 0.29) is 0 Å². The number of rotatable bonds is 7. The molecular formula is C10H17NO2. The van der Waals surface area contributed by atoms with Gasteiger partial charge >= 0.3 is 0 Å². The molecule has 0 aromatic carbocycles. The molecule has 0 atom stereocenters. The Balaban J connectivity index is 1.90. The van der Waals surface area contributed by atoms with Gasteiger partial charge in [-0.2, -0.15) is 0 Å². The maximum atomic E-state index is 5.21. The SMILES string of the molecule is CCOCCCNCc1ccco1. The summed E-state index contributed by atoms with van der Waals surface area (Å²) >= 11 is 0. The second-order valence-corrected chi connectivity index (χ2v) is 2.81. The molecule has 1 aromatic rings. The maximum absolute atomic E-state index is 5.21. The topological polar surface area (TPSA) is 34.4 Å². The Hall–Kier alpha value is -0.800. The molecule has 3 heteroatoms. The van der Waals surface area contributed by atoms with Crippen molar-refractivity contribution in [2.75, 3.05) is 19.8 Å². The smallest absolute Gasteiger partial charge is 0.117 e. The Morgan fingerprint density at radius 2 is 2.46 bits per heavy atom. The van der Waals surface area contributed by atoms with Crippen LogP contribution in [0.15, 0.2) is 22.8 Å². The Morgan fingerprint density at radius 1 is 1.54 bits per heavy atom. The largest absolute Gasteiger partial charge is 0.468 e. The van der Waals surface area contributed by atoms with Gasteiger partial charge in [-0.15, -0.1) is 0 Å². The minimum absolute atomic E-state index is 0.804. The van der Waals surface area contributed by atoms with E-state index in [2.05, 4.69) is 5.32 Å². The zero-order chi connectivity index (χ0) is 9.36. The molecule has 74 valence electrons. The van der Waals surface area contributed by atoms with E-state index in [1.807, 2.05) is 19.1 Å². The van der Waals surface area contributed by atoms with Crippen molar-refractivity contribution in [3.63, 3.8) is 0 Å². The molecule has 0 aliphatic heterocycles. The molecule has 0 radical (unpaired) electrons. The lowest BCUT2D eigenvalue weighted by molar-refractivity contribution is 0.144. The second-order valence-electron chi connectivity index (χ2n) is 2.81. The van der Waals surface area contributed by atoms with Crippen LogP contribution in [0.3, 0.4) is 0 Å². The minimum Gasteiger partial charge on any atom is -0.468 e. The lowest BCUT2D eigenvalue weighted by atomic mass is 10.4. The highest BCUT2D eigenvalue weighted by Gasteiger charge is 1.93. The summed E-state index contributed by atoms with van der Waals surface area (Å²) in [6, 6.07) is 3.87. The van der Waals surface area contributed by atoms with Crippen LogP contribution in [0.4, 0.5) is 0 Å². The Kier molecular flexibility index (Phi) is 5.29. The highest BCUT2D eigenvalue weighted by molar-refractivity contribution is 4.97. The quantitative estimate of drug-likeness (QED) is 0.654. The fourth-order valence-corrected chi connectivity index (χ4v) is 1.07. The summed E-state index contributed by atoms with van der Waals surface area (Å²) in [6.07, 6.45) is 2.74. The molecule has 1 N–H and O–H groups in total. The van der Waals surface area contributed by atoms with Crippen LogP contribution in [-0.4, -0.2) is 19.8 Å². The van der Waals surface area contributed by atoms with Crippen molar-refractivity contribution in [1.82, 2.24) is 5.32 Å². The van der Waals surface area contributed by atoms with E-state index in [1.54, 1.807) is 6.26 Å². The van der Waals surface area contributed by atoms with Gasteiger partial charge < -0.3 is 14.5 Å². The molecule has 13 heavy (non-hydrogen) atoms. The summed E-state index contributed by atoms with van der Waals surface area (Å²) < 4.78 is 10.4. The fraction of sp³-hybridized carbons (Fsp3) is 0.600. The molecule has 0 amide bonds. The molecule has 0 saturated carbocycles. The van der Waals surface area contributed by atoms with E-state index in [1.165, 1.54) is 0 Å². The third kappa shape index (κ3) is 4.70. The normalized spacial score (nSPS) is 10.5. The monoisotopic (exact) mass is 183 g/mol. The predicted molar refractivity (Wildman–Crippen MR) is 51.5 cm³/mol. The third-order valence-corrected chi connectivity index (χ3v) is 1.73. The number of hydrogen-bond donors (Lipinski definition) is 1. The van der Waals surface area contributed by atoms with Crippen LogP contribution >= 0.6 is 0 Å². The fourth-order valence-electron chi connectivity index (χ4n) is 1.07. The van der Waals surface area contributed by atoms with Gasteiger partial charge in [0.05, 0.1) is 12.8 Å². The van der Waals surface area contributed by atoms with Crippen molar-refractivity contribution >= 4 is 0 Å². The summed E-state index contributed by atoms with van der Waals surface area (Å²) in [5, 5.41) is 3.27. The molecule has 0 spiro atoms. The van der Waals surface area contributed by atoms with Gasteiger partial charge in [0.2, 0.25) is 0 Å². The second kappa shape index (κ2) is 6.69. The van der Waals surface area contributed by atoms with Gasteiger partial charge in [-0.25, -0.2) is 0 Å². The van der Waals surface area contributed by atoms with Crippen LogP contribution in [0.1, 0.15) is 19.1 Å². The van der Waals surface area contributed by atoms with E-state index in [0.29, 0.717) is 0 Å². The van der Waals surface area contributed by atoms with Crippen molar-refractivity contribution < 1.29 is 9.15 Å². The van der Waals surface area contributed by atoms with Gasteiger partial charge in [0.15, 0.2) is 0 Å². The predicted octanol–water partition coefficient (Wildman–Crippen LogP) is 1.80. The molecule has 1 aromatic heterocycles. The molecule has 0 aliphatic rings. The standard InChI is InChI=1S/C10H17NO2/c1-2-12-7-4-6-11-9-10-5-3-8-13-10/h3,5,8,11H,2,4,6-7,9H2,1H3. The van der Waals surface area contributed by atoms with Crippen LogP contribution in [-0.2, 0) is 11.3 Å². The first-order valence-corrected chi connectivity index (χ1v) is 4.74. The summed E-state index contributed by atoms with van der Waals surface area (Å²) in [6.45, 7) is 5.43. The van der Waals surface area contributed by atoms with Crippen molar-refractivity contribution in [2.45, 2.75) is 19.9 Å². The van der Waals surface area contributed by atoms with Gasteiger partial charge in [0, 0.05) is 13.2 Å². The molecule has 3 nitrogen and oxygen atoms in total. The first kappa shape index (κ1) is 10.3. The number of nitrogens with one attached hydrogen (secondary N) is 1. The van der Waals surface area contributed by atoms with Gasteiger partial charge in [-0.1, -0.05) is 0 Å². The molecular weight excluding hydrogens is 166 g/mol. The zero-order valence-corrected chi connectivity index (χ0v) is 8.08. The van der Waals surface area contributed by atoms with Crippen LogP contribution in [0.2, 0.25) is 0 Å². The van der Waals surface area contributed by atoms with E-state index in [4.69, 9.17) is 9.15 Å². The molecule has 0 aliphatic carbocycles. The van der Waals surface area contributed by atoms with Crippen LogP contribution in [0.5, 0.6) is 0 Å². The minimum atomic E-state index is 0.804. The van der Waals surface area contributed by atoms with Crippen LogP contribution in [0.25, 0.3) is 0 Å². The Morgan fingerprint density at radius 3 is 3.15 bits per heavy atom. The van der Waals surface area contributed by atoms with E-state index < -0.39 is 0 Å². The molecule has 0 unspecified atom stereocenters. The van der Waals surface area contributed by atoms with Gasteiger partial charge in [-0.3, -0.25) is 0 Å². The first-order chi connectivity index (χ1) is 6.43. The van der Waals surface area contributed by atoms with Gasteiger partial charge in [0.25, 0.3) is 0 Å². The number of ether oxygens (including phenoxy) is 1. The lowest BCUT2D eigenvalue weighted by Crippen LogP contribution is -2.15. The van der Waals surface area contributed by atoms with E-state index in [0.717, 1.165) is 38.5 Å². The number of furan rings is 1. The van der Waals surface area contributed by atoms with Gasteiger partial charge in [0.1, 0.15) is 5.76 Å². The van der Waals surface area contributed by atoms with Crippen molar-refractivity contribution in [3.05, 3.63) is 24.2 Å². The summed E-state index contributed by atoms with van der Waals surface area (Å²) in [4.78, 5) is 0. The lowest BCUT2D eigenvalue weighted by Gasteiger charge is -2.02. The number of hydrogen-bond acceptors (Lipinski definition) is 3. The van der Waals surface area contributed by atoms with E-state index in [9.17, 15) is 0 Å². The Bertz CT molecular complexity index is 197. The molecule has 1 rings (SSSR count). The molecule has 0 bridgehead atoms. The van der Waals surface area contributed by atoms with Crippen molar-refractivity contribution in [2.24, 2.45) is 0 Å². The average molecular weight is 183 g/mol. The van der Waals surface area contributed by atoms with Crippen LogP contribution < -0.4 is 5.32 Å². The summed E-state index contributed by atoms with van der Waals surface area (Å²) in [5.41, 5.74) is 0. The zero-order valence-electron chi connectivity index (χ0n) is 8.08. The van der Waals surface area contributed by atoms with Gasteiger partial charge in [-0.05, 0) is 32.0 Å². The summed E-state index contributed by atoms with van der Waals surface area (Å²) in [7, 11) is 0. The highest BCUT2D eigenvalue weighted by Crippen LogP contribution is 1.98. The van der Waals surface area contributed by atoms with Crippen LogP contribution in [0, 0.1) is 0 Å². The van der Waals surface area contributed by atoms with Crippen molar-refractivity contribution in [1.29, 1.82) is 0 Å². The molecule has 0 saturated heterocycles. The summed E-state index contributed by atoms with van der Waals surface area (Å²) in [5.74, 6) is 0.983. The third-order valence-electron chi connectivity index (χ3n) is 1.73. The molecule has 0 fully saturated rings. The van der Waals surface area contributed by atoms with E-state index >= 15 is 0 Å². The van der Waals surface area contributed by atoms with Crippen molar-refractivity contribution in [3.8, 4) is 0 Å². The first-order valence-electron chi connectivity index (χ1n) is 4.74. The molecule has 1 heterocycles. The Labute approximate surface area is 79.1 Å². The highest BCUT2D eigenvalue weighted by atomic mass is 16.5.